The lowest BCUT2D eigenvalue weighted by atomic mass is 10.1. The van der Waals surface area contributed by atoms with Crippen LogP contribution in [0, 0.1) is 5.82 Å². The summed E-state index contributed by atoms with van der Waals surface area (Å²) in [6.45, 7) is 0. The fourth-order valence-corrected chi connectivity index (χ4v) is 4.19. The summed E-state index contributed by atoms with van der Waals surface area (Å²) in [6, 6.07) is 13.2. The van der Waals surface area contributed by atoms with Crippen LogP contribution < -0.4 is 14.8 Å². The number of nitrogens with one attached hydrogen (secondary N) is 1. The minimum absolute atomic E-state index is 0.126. The van der Waals surface area contributed by atoms with Gasteiger partial charge in [0, 0.05) is 24.0 Å². The van der Waals surface area contributed by atoms with Crippen LogP contribution in [0.15, 0.2) is 66.1 Å². The summed E-state index contributed by atoms with van der Waals surface area (Å²) in [4.78, 5) is 12.5. The van der Waals surface area contributed by atoms with E-state index < -0.39 is 0 Å². The molecule has 11 heteroatoms. The minimum atomic E-state index is -0.302. The number of hydrogen-bond donors (Lipinski definition) is 1. The Labute approximate surface area is 197 Å². The third kappa shape index (κ3) is 4.13. The van der Waals surface area contributed by atoms with E-state index in [1.54, 1.807) is 58.8 Å². The van der Waals surface area contributed by atoms with Crippen molar-refractivity contribution in [3.63, 3.8) is 0 Å². The Morgan fingerprint density at radius 3 is 2.65 bits per heavy atom. The van der Waals surface area contributed by atoms with Gasteiger partial charge in [0.1, 0.15) is 22.8 Å². The van der Waals surface area contributed by atoms with Crippen molar-refractivity contribution in [2.75, 3.05) is 25.3 Å². The number of amides is 1. The molecular formula is C23H19FN6O3S. The normalized spacial score (nSPS) is 11.1. The minimum Gasteiger partial charge on any atom is -0.497 e. The van der Waals surface area contributed by atoms with Gasteiger partial charge in [-0.15, -0.1) is 10.2 Å². The lowest BCUT2D eigenvalue weighted by Gasteiger charge is -2.11. The highest BCUT2D eigenvalue weighted by atomic mass is 32.2. The summed E-state index contributed by atoms with van der Waals surface area (Å²) in [6.07, 6.45) is 3.57. The van der Waals surface area contributed by atoms with Crippen molar-refractivity contribution in [1.82, 2.24) is 24.2 Å². The number of aromatic nitrogens is 5. The van der Waals surface area contributed by atoms with Crippen LogP contribution in [0.4, 0.5) is 10.1 Å². The molecule has 172 valence electrons. The quantitative estimate of drug-likeness (QED) is 0.354. The van der Waals surface area contributed by atoms with Gasteiger partial charge in [0.25, 0.3) is 0 Å². The molecule has 0 radical (unpaired) electrons. The Bertz CT molecular complexity index is 1500. The molecule has 0 aliphatic carbocycles. The highest BCUT2D eigenvalue weighted by molar-refractivity contribution is 7.99. The SMILES string of the molecule is COc1ccc(NC(=O)CSc2nnc3c4cc(-c5ccc(F)cc5)nn4ccn23)c(OC)c1. The first-order chi connectivity index (χ1) is 16.6. The van der Waals surface area contributed by atoms with E-state index in [9.17, 15) is 9.18 Å². The molecule has 0 aliphatic rings. The first kappa shape index (κ1) is 21.7. The molecule has 1 N–H and O–H groups in total. The van der Waals surface area contributed by atoms with E-state index in [4.69, 9.17) is 9.47 Å². The average Bonchev–Trinajstić information content (AvgIpc) is 3.47. The number of anilines is 1. The van der Waals surface area contributed by atoms with Gasteiger partial charge in [0.15, 0.2) is 10.8 Å². The number of halogens is 1. The standard InChI is InChI=1S/C23H19FN6O3S/c1-32-16-7-8-17(20(11-16)33-2)25-21(31)13-34-23-27-26-22-19-12-18(14-3-5-15(24)6-4-14)28-30(19)10-9-29(22)23/h3-12H,13H2,1-2H3,(H,25,31). The Morgan fingerprint density at radius 1 is 1.06 bits per heavy atom. The Kier molecular flexibility index (Phi) is 5.76. The largest absolute Gasteiger partial charge is 0.497 e. The van der Waals surface area contributed by atoms with E-state index in [1.807, 2.05) is 6.07 Å². The van der Waals surface area contributed by atoms with Gasteiger partial charge in [-0.1, -0.05) is 11.8 Å². The molecule has 3 heterocycles. The molecular weight excluding hydrogens is 459 g/mol. The summed E-state index contributed by atoms with van der Waals surface area (Å²) in [5.41, 5.74) is 3.38. The highest BCUT2D eigenvalue weighted by Crippen LogP contribution is 2.29. The molecule has 1 amide bonds. The number of hydrogen-bond acceptors (Lipinski definition) is 7. The number of methoxy groups -OCH3 is 2. The summed E-state index contributed by atoms with van der Waals surface area (Å²) in [7, 11) is 3.09. The lowest BCUT2D eigenvalue weighted by Crippen LogP contribution is -2.15. The molecule has 0 unspecified atom stereocenters. The second-order valence-electron chi connectivity index (χ2n) is 7.24. The van der Waals surface area contributed by atoms with Crippen LogP contribution in [-0.4, -0.2) is 50.1 Å². The first-order valence-corrected chi connectivity index (χ1v) is 11.2. The monoisotopic (exact) mass is 478 g/mol. The highest BCUT2D eigenvalue weighted by Gasteiger charge is 2.15. The second kappa shape index (κ2) is 9.02. The van der Waals surface area contributed by atoms with E-state index in [2.05, 4.69) is 20.6 Å². The summed E-state index contributed by atoms with van der Waals surface area (Å²) in [5, 5.41) is 16.5. The molecule has 0 saturated heterocycles. The number of nitrogens with zero attached hydrogens (tertiary/aromatic N) is 5. The van der Waals surface area contributed by atoms with Crippen molar-refractivity contribution in [2.45, 2.75) is 5.16 Å². The predicted molar refractivity (Wildman–Crippen MR) is 126 cm³/mol. The Balaban J connectivity index is 1.34. The fourth-order valence-electron chi connectivity index (χ4n) is 3.47. The molecule has 0 spiro atoms. The van der Waals surface area contributed by atoms with Gasteiger partial charge < -0.3 is 14.8 Å². The molecule has 0 saturated carbocycles. The number of ether oxygens (including phenoxy) is 2. The van der Waals surface area contributed by atoms with Crippen LogP contribution in [0.3, 0.4) is 0 Å². The number of carbonyl (C=O) groups excluding carboxylic acids is 1. The van der Waals surface area contributed by atoms with Gasteiger partial charge in [0.2, 0.25) is 5.91 Å². The van der Waals surface area contributed by atoms with Crippen molar-refractivity contribution < 1.29 is 18.7 Å². The molecule has 0 aliphatic heterocycles. The van der Waals surface area contributed by atoms with Gasteiger partial charge in [-0.3, -0.25) is 9.20 Å². The zero-order chi connectivity index (χ0) is 23.7. The van der Waals surface area contributed by atoms with E-state index in [0.29, 0.717) is 33.7 Å². The number of fused-ring (bicyclic) bond motifs is 3. The lowest BCUT2D eigenvalue weighted by molar-refractivity contribution is -0.113. The molecule has 0 bridgehead atoms. The van der Waals surface area contributed by atoms with E-state index in [1.165, 1.54) is 31.0 Å². The van der Waals surface area contributed by atoms with Crippen LogP contribution in [0.1, 0.15) is 0 Å². The van der Waals surface area contributed by atoms with Gasteiger partial charge >= 0.3 is 0 Å². The third-order valence-corrected chi connectivity index (χ3v) is 6.08. The second-order valence-corrected chi connectivity index (χ2v) is 8.19. The van der Waals surface area contributed by atoms with Crippen molar-refractivity contribution >= 4 is 34.5 Å². The zero-order valence-corrected chi connectivity index (χ0v) is 19.0. The number of benzene rings is 2. The number of thioether (sulfide) groups is 1. The van der Waals surface area contributed by atoms with Crippen molar-refractivity contribution in [3.05, 3.63) is 66.7 Å². The van der Waals surface area contributed by atoms with Crippen molar-refractivity contribution in [2.24, 2.45) is 0 Å². The molecule has 3 aromatic heterocycles. The summed E-state index contributed by atoms with van der Waals surface area (Å²) in [5.74, 6) is 0.748. The maximum atomic E-state index is 13.2. The van der Waals surface area contributed by atoms with Crippen LogP contribution in [0.25, 0.3) is 22.4 Å². The van der Waals surface area contributed by atoms with Gasteiger partial charge in [0.05, 0.1) is 31.4 Å². The van der Waals surface area contributed by atoms with Crippen molar-refractivity contribution in [1.29, 1.82) is 0 Å². The molecule has 9 nitrogen and oxygen atoms in total. The van der Waals surface area contributed by atoms with Gasteiger partial charge in [-0.05, 0) is 42.5 Å². The smallest absolute Gasteiger partial charge is 0.234 e. The molecule has 5 aromatic rings. The molecule has 34 heavy (non-hydrogen) atoms. The maximum absolute atomic E-state index is 13.2. The number of carbonyl (C=O) groups is 1. The van der Waals surface area contributed by atoms with E-state index in [0.717, 1.165) is 11.1 Å². The predicted octanol–water partition coefficient (Wildman–Crippen LogP) is 3.93. The maximum Gasteiger partial charge on any atom is 0.234 e. The fraction of sp³-hybridized carbons (Fsp3) is 0.130. The molecule has 2 aromatic carbocycles. The topological polar surface area (TPSA) is 95.0 Å². The zero-order valence-electron chi connectivity index (χ0n) is 18.2. The average molecular weight is 479 g/mol. The molecule has 0 fully saturated rings. The molecule has 5 rings (SSSR count). The van der Waals surface area contributed by atoms with Crippen LogP contribution in [0.2, 0.25) is 0 Å². The summed E-state index contributed by atoms with van der Waals surface area (Å²) >= 11 is 1.26. The van der Waals surface area contributed by atoms with E-state index in [-0.39, 0.29) is 17.5 Å². The third-order valence-electron chi connectivity index (χ3n) is 5.14. The summed E-state index contributed by atoms with van der Waals surface area (Å²) < 4.78 is 27.2. The van der Waals surface area contributed by atoms with Crippen molar-refractivity contribution in [3.8, 4) is 22.8 Å². The Hall–Kier alpha value is -4.12. The van der Waals surface area contributed by atoms with Crippen LogP contribution >= 0.6 is 11.8 Å². The Morgan fingerprint density at radius 2 is 1.88 bits per heavy atom. The van der Waals surface area contributed by atoms with Crippen LogP contribution in [-0.2, 0) is 4.79 Å². The van der Waals surface area contributed by atoms with E-state index >= 15 is 0 Å². The van der Waals surface area contributed by atoms with Gasteiger partial charge in [-0.25, -0.2) is 8.91 Å². The number of rotatable bonds is 7. The van der Waals surface area contributed by atoms with Crippen LogP contribution in [0.5, 0.6) is 11.5 Å². The first-order valence-electron chi connectivity index (χ1n) is 10.2. The van der Waals surface area contributed by atoms with Gasteiger partial charge in [-0.2, -0.15) is 5.10 Å². The molecule has 0 atom stereocenters.